The first-order chi connectivity index (χ1) is 8.81. The molecule has 0 aromatic heterocycles. The molecule has 1 rings (SSSR count). The molecule has 0 spiro atoms. The Labute approximate surface area is 111 Å². The Morgan fingerprint density at radius 3 is 2.17 bits per heavy atom. The average molecular weight is 250 g/mol. The van der Waals surface area contributed by atoms with Crippen LogP contribution in [0.4, 0.5) is 11.4 Å². The lowest BCUT2D eigenvalue weighted by Crippen LogP contribution is -2.24. The van der Waals surface area contributed by atoms with Crippen molar-refractivity contribution >= 4 is 11.4 Å². The largest absolute Gasteiger partial charge is 0.383 e. The van der Waals surface area contributed by atoms with Crippen LogP contribution in [0.1, 0.15) is 26.7 Å². The summed E-state index contributed by atoms with van der Waals surface area (Å²) < 4.78 is 5.02. The van der Waals surface area contributed by atoms with E-state index in [1.54, 1.807) is 7.11 Å². The van der Waals surface area contributed by atoms with Crippen LogP contribution in [0, 0.1) is 0 Å². The van der Waals surface area contributed by atoms with Crippen molar-refractivity contribution in [3.63, 3.8) is 0 Å². The molecule has 1 N–H and O–H groups in total. The summed E-state index contributed by atoms with van der Waals surface area (Å²) in [5, 5.41) is 3.33. The zero-order chi connectivity index (χ0) is 13.2. The Bertz CT molecular complexity index is 305. The van der Waals surface area contributed by atoms with Crippen LogP contribution in [0.25, 0.3) is 0 Å². The number of nitrogens with one attached hydrogen (secondary N) is 1. The van der Waals surface area contributed by atoms with Gasteiger partial charge in [-0.1, -0.05) is 13.8 Å². The van der Waals surface area contributed by atoms with E-state index in [1.807, 2.05) is 0 Å². The van der Waals surface area contributed by atoms with Crippen LogP contribution in [0.2, 0.25) is 0 Å². The number of hydrogen-bond acceptors (Lipinski definition) is 3. The molecular formula is C15H26N2O. The van der Waals surface area contributed by atoms with E-state index in [4.69, 9.17) is 4.74 Å². The third-order valence-electron chi connectivity index (χ3n) is 2.85. The summed E-state index contributed by atoms with van der Waals surface area (Å²) in [5.41, 5.74) is 2.47. The maximum Gasteiger partial charge on any atom is 0.0635 e. The van der Waals surface area contributed by atoms with Gasteiger partial charge in [0.2, 0.25) is 0 Å². The molecule has 0 aliphatic carbocycles. The fourth-order valence-electron chi connectivity index (χ4n) is 2.00. The summed E-state index contributed by atoms with van der Waals surface area (Å²) in [5.74, 6) is 0. The van der Waals surface area contributed by atoms with Gasteiger partial charge in [-0.15, -0.1) is 0 Å². The quantitative estimate of drug-likeness (QED) is 0.680. The number of ether oxygens (including phenoxy) is 1. The van der Waals surface area contributed by atoms with Gasteiger partial charge in [-0.25, -0.2) is 0 Å². The number of rotatable bonds is 9. The Hall–Kier alpha value is -1.22. The third-order valence-corrected chi connectivity index (χ3v) is 2.85. The molecule has 0 radical (unpaired) electrons. The molecule has 18 heavy (non-hydrogen) atoms. The van der Waals surface area contributed by atoms with E-state index in [0.717, 1.165) is 31.9 Å². The maximum atomic E-state index is 5.02. The van der Waals surface area contributed by atoms with Crippen molar-refractivity contribution in [2.45, 2.75) is 26.7 Å². The van der Waals surface area contributed by atoms with E-state index in [0.29, 0.717) is 0 Å². The van der Waals surface area contributed by atoms with Gasteiger partial charge in [0.15, 0.2) is 0 Å². The molecule has 1 aromatic rings. The highest BCUT2D eigenvalue weighted by Gasteiger charge is 2.03. The van der Waals surface area contributed by atoms with Gasteiger partial charge < -0.3 is 15.0 Å². The van der Waals surface area contributed by atoms with Crippen molar-refractivity contribution in [1.29, 1.82) is 0 Å². The predicted molar refractivity (Wildman–Crippen MR) is 79.6 cm³/mol. The van der Waals surface area contributed by atoms with Gasteiger partial charge in [-0.3, -0.25) is 0 Å². The van der Waals surface area contributed by atoms with E-state index in [1.165, 1.54) is 18.5 Å². The minimum absolute atomic E-state index is 0.736. The van der Waals surface area contributed by atoms with Crippen molar-refractivity contribution < 1.29 is 4.74 Å². The van der Waals surface area contributed by atoms with E-state index >= 15 is 0 Å². The molecule has 0 aliphatic heterocycles. The van der Waals surface area contributed by atoms with E-state index in [2.05, 4.69) is 48.3 Å². The molecule has 3 heteroatoms. The lowest BCUT2D eigenvalue weighted by molar-refractivity contribution is 0.211. The molecule has 0 aliphatic rings. The molecule has 0 saturated heterocycles. The molecule has 0 unspecified atom stereocenters. The topological polar surface area (TPSA) is 24.5 Å². The fraction of sp³-hybridized carbons (Fsp3) is 0.600. The molecule has 0 heterocycles. The number of nitrogens with zero attached hydrogens (tertiary/aromatic N) is 1. The highest BCUT2D eigenvalue weighted by molar-refractivity contribution is 5.55. The molecule has 0 fully saturated rings. The standard InChI is InChI=1S/C15H26N2O/c1-4-11-17(12-5-2)15-8-6-14(7-9-15)16-10-13-18-3/h6-9,16H,4-5,10-13H2,1-3H3. The van der Waals surface area contributed by atoms with Gasteiger partial charge in [0.1, 0.15) is 0 Å². The van der Waals surface area contributed by atoms with Crippen LogP contribution in [0.5, 0.6) is 0 Å². The zero-order valence-corrected chi connectivity index (χ0v) is 11.9. The lowest BCUT2D eigenvalue weighted by atomic mass is 10.2. The third kappa shape index (κ3) is 4.96. The maximum absolute atomic E-state index is 5.02. The highest BCUT2D eigenvalue weighted by Crippen LogP contribution is 2.18. The number of benzene rings is 1. The van der Waals surface area contributed by atoms with Crippen LogP contribution in [-0.2, 0) is 4.74 Å². The fourth-order valence-corrected chi connectivity index (χ4v) is 2.00. The first-order valence-electron chi connectivity index (χ1n) is 6.89. The van der Waals surface area contributed by atoms with E-state index in [-0.39, 0.29) is 0 Å². The van der Waals surface area contributed by atoms with Gasteiger partial charge in [0.05, 0.1) is 6.61 Å². The first-order valence-corrected chi connectivity index (χ1v) is 6.89. The van der Waals surface area contributed by atoms with E-state index < -0.39 is 0 Å². The van der Waals surface area contributed by atoms with Crippen LogP contribution < -0.4 is 10.2 Å². The second kappa shape index (κ2) is 8.81. The van der Waals surface area contributed by atoms with E-state index in [9.17, 15) is 0 Å². The van der Waals surface area contributed by atoms with Crippen molar-refractivity contribution in [3.8, 4) is 0 Å². The Morgan fingerprint density at radius 2 is 1.67 bits per heavy atom. The molecule has 1 aromatic carbocycles. The monoisotopic (exact) mass is 250 g/mol. The zero-order valence-electron chi connectivity index (χ0n) is 11.9. The molecule has 0 bridgehead atoms. The Kier molecular flexibility index (Phi) is 7.26. The van der Waals surface area contributed by atoms with Crippen LogP contribution >= 0.6 is 0 Å². The number of hydrogen-bond donors (Lipinski definition) is 1. The second-order valence-corrected chi connectivity index (χ2v) is 4.45. The smallest absolute Gasteiger partial charge is 0.0635 e. The normalized spacial score (nSPS) is 10.4. The molecule has 3 nitrogen and oxygen atoms in total. The number of anilines is 2. The summed E-state index contributed by atoms with van der Waals surface area (Å²) >= 11 is 0. The molecular weight excluding hydrogens is 224 g/mol. The molecule has 0 atom stereocenters. The summed E-state index contributed by atoms with van der Waals surface area (Å²) in [7, 11) is 1.72. The molecule has 102 valence electrons. The number of methoxy groups -OCH3 is 1. The molecule has 0 saturated carbocycles. The SMILES string of the molecule is CCCN(CCC)c1ccc(NCCOC)cc1. The molecule has 0 amide bonds. The van der Waals surface area contributed by atoms with Gasteiger partial charge in [-0.05, 0) is 37.1 Å². The summed E-state index contributed by atoms with van der Waals surface area (Å²) in [6, 6.07) is 8.67. The van der Waals surface area contributed by atoms with Crippen LogP contribution in [0.15, 0.2) is 24.3 Å². The van der Waals surface area contributed by atoms with Crippen molar-refractivity contribution in [2.75, 3.05) is 43.6 Å². The van der Waals surface area contributed by atoms with Gasteiger partial charge in [-0.2, -0.15) is 0 Å². The predicted octanol–water partition coefficient (Wildman–Crippen LogP) is 3.37. The van der Waals surface area contributed by atoms with Crippen molar-refractivity contribution in [2.24, 2.45) is 0 Å². The van der Waals surface area contributed by atoms with Crippen molar-refractivity contribution in [1.82, 2.24) is 0 Å². The minimum Gasteiger partial charge on any atom is -0.383 e. The van der Waals surface area contributed by atoms with Gasteiger partial charge in [0.25, 0.3) is 0 Å². The Morgan fingerprint density at radius 1 is 1.06 bits per heavy atom. The van der Waals surface area contributed by atoms with Crippen LogP contribution in [0.3, 0.4) is 0 Å². The van der Waals surface area contributed by atoms with Gasteiger partial charge >= 0.3 is 0 Å². The summed E-state index contributed by atoms with van der Waals surface area (Å²) in [6.45, 7) is 8.30. The van der Waals surface area contributed by atoms with Crippen molar-refractivity contribution in [3.05, 3.63) is 24.3 Å². The highest BCUT2D eigenvalue weighted by atomic mass is 16.5. The first kappa shape index (κ1) is 14.8. The lowest BCUT2D eigenvalue weighted by Gasteiger charge is -2.24. The minimum atomic E-state index is 0.736. The van der Waals surface area contributed by atoms with Crippen LogP contribution in [-0.4, -0.2) is 33.4 Å². The summed E-state index contributed by atoms with van der Waals surface area (Å²) in [4.78, 5) is 2.44. The second-order valence-electron chi connectivity index (χ2n) is 4.45. The average Bonchev–Trinajstić information content (AvgIpc) is 2.40. The Balaban J connectivity index is 2.56. The van der Waals surface area contributed by atoms with Gasteiger partial charge in [0, 0.05) is 38.1 Å². The summed E-state index contributed by atoms with van der Waals surface area (Å²) in [6.07, 6.45) is 2.38.